The molecule has 1 aliphatic heterocycles. The average Bonchev–Trinajstić information content (AvgIpc) is 3.45. The fourth-order valence-electron chi connectivity index (χ4n) is 4.16. The number of hydrogen-bond donors (Lipinski definition) is 4. The highest BCUT2D eigenvalue weighted by Gasteiger charge is 2.18. The number of halogens is 1. The van der Waals surface area contributed by atoms with Crippen molar-refractivity contribution in [3.05, 3.63) is 93.2 Å². The highest BCUT2D eigenvalue weighted by atomic mass is 19.1. The number of ether oxygens (including phenoxy) is 1. The smallest absolute Gasteiger partial charge is 0.293 e. The number of aromatic nitrogens is 2. The van der Waals surface area contributed by atoms with Crippen molar-refractivity contribution in [3.63, 3.8) is 0 Å². The lowest BCUT2D eigenvalue weighted by Gasteiger charge is -2.20. The minimum atomic E-state index is -0.577. The molecule has 4 rings (SSSR count). The Labute approximate surface area is 216 Å². The monoisotopic (exact) mass is 504 g/mol. The number of rotatable bonds is 10. The zero-order chi connectivity index (χ0) is 26.0. The van der Waals surface area contributed by atoms with Crippen molar-refractivity contribution in [3.8, 4) is 17.6 Å². The van der Waals surface area contributed by atoms with Crippen LogP contribution < -0.4 is 16.2 Å². The van der Waals surface area contributed by atoms with Gasteiger partial charge in [0.05, 0.1) is 18.6 Å². The Morgan fingerprint density at radius 2 is 1.86 bits per heavy atom. The molecule has 0 radical (unpaired) electrons. The summed E-state index contributed by atoms with van der Waals surface area (Å²) in [5, 5.41) is 16.8. The summed E-state index contributed by atoms with van der Waals surface area (Å²) in [5.74, 6) is 5.91. The van der Waals surface area contributed by atoms with Crippen molar-refractivity contribution in [2.24, 2.45) is 0 Å². The summed E-state index contributed by atoms with van der Waals surface area (Å²) in [7, 11) is 0. The molecule has 0 amide bonds. The van der Waals surface area contributed by atoms with Crippen LogP contribution in [0.4, 0.5) is 4.39 Å². The van der Waals surface area contributed by atoms with Crippen LogP contribution in [-0.4, -0.2) is 53.6 Å². The fourth-order valence-corrected chi connectivity index (χ4v) is 4.16. The van der Waals surface area contributed by atoms with Crippen molar-refractivity contribution in [1.29, 1.82) is 0 Å². The number of hydrogen-bond acceptors (Lipinski definition) is 6. The maximum absolute atomic E-state index is 13.0. The molecule has 0 saturated carbocycles. The van der Waals surface area contributed by atoms with Crippen LogP contribution in [0.2, 0.25) is 0 Å². The van der Waals surface area contributed by atoms with Gasteiger partial charge in [-0.2, -0.15) is 0 Å². The van der Waals surface area contributed by atoms with E-state index in [2.05, 4.69) is 44.6 Å². The van der Waals surface area contributed by atoms with Gasteiger partial charge >= 0.3 is 0 Å². The number of benzene rings is 2. The normalized spacial score (nSPS) is 16.6. The second kappa shape index (κ2) is 13.2. The minimum Gasteiger partial charge on any atom is -0.502 e. The molecule has 1 aromatic heterocycles. The second-order valence-electron chi connectivity index (χ2n) is 9.40. The molecular weight excluding hydrogens is 471 g/mol. The number of H-pyrrole nitrogens is 1. The molecule has 0 aliphatic carbocycles. The van der Waals surface area contributed by atoms with Crippen molar-refractivity contribution in [2.45, 2.75) is 44.3 Å². The molecule has 1 saturated heterocycles. The van der Waals surface area contributed by atoms with E-state index in [0.717, 1.165) is 42.9 Å². The molecule has 0 bridgehead atoms. The van der Waals surface area contributed by atoms with Gasteiger partial charge in [0.15, 0.2) is 0 Å². The van der Waals surface area contributed by atoms with Gasteiger partial charge in [-0.3, -0.25) is 4.79 Å². The van der Waals surface area contributed by atoms with Crippen molar-refractivity contribution < 1.29 is 14.2 Å². The van der Waals surface area contributed by atoms with E-state index in [1.54, 1.807) is 6.92 Å². The van der Waals surface area contributed by atoms with Crippen molar-refractivity contribution in [1.82, 2.24) is 20.6 Å². The van der Waals surface area contributed by atoms with Crippen LogP contribution in [0.3, 0.4) is 0 Å². The number of alkyl halides is 1. The summed E-state index contributed by atoms with van der Waals surface area (Å²) in [6.45, 7) is 4.18. The van der Waals surface area contributed by atoms with E-state index >= 15 is 0 Å². The molecule has 3 unspecified atom stereocenters. The van der Waals surface area contributed by atoms with Crippen LogP contribution >= 0.6 is 0 Å². The van der Waals surface area contributed by atoms with E-state index in [1.165, 1.54) is 11.9 Å². The van der Waals surface area contributed by atoms with Gasteiger partial charge in [0.2, 0.25) is 5.75 Å². The lowest BCUT2D eigenvalue weighted by Crippen LogP contribution is -2.32. The number of aromatic amines is 1. The molecule has 37 heavy (non-hydrogen) atoms. The summed E-state index contributed by atoms with van der Waals surface area (Å²) in [4.78, 5) is 18.3. The largest absolute Gasteiger partial charge is 0.502 e. The van der Waals surface area contributed by atoms with Gasteiger partial charge in [-0.25, -0.2) is 9.37 Å². The van der Waals surface area contributed by atoms with E-state index < -0.39 is 12.2 Å². The molecule has 8 heteroatoms. The Hall–Kier alpha value is -3.51. The molecule has 2 heterocycles. The highest BCUT2D eigenvalue weighted by molar-refractivity contribution is 5.44. The summed E-state index contributed by atoms with van der Waals surface area (Å²) < 4.78 is 18.4. The third-order valence-corrected chi connectivity index (χ3v) is 6.50. The quantitative estimate of drug-likeness (QED) is 0.317. The first-order valence-corrected chi connectivity index (χ1v) is 12.6. The first-order chi connectivity index (χ1) is 18.0. The summed E-state index contributed by atoms with van der Waals surface area (Å²) >= 11 is 0. The van der Waals surface area contributed by atoms with E-state index in [9.17, 15) is 14.3 Å². The van der Waals surface area contributed by atoms with Gasteiger partial charge in [0.25, 0.3) is 5.56 Å². The van der Waals surface area contributed by atoms with E-state index in [4.69, 9.17) is 4.74 Å². The zero-order valence-corrected chi connectivity index (χ0v) is 21.0. The third kappa shape index (κ3) is 7.73. The van der Waals surface area contributed by atoms with Crippen LogP contribution in [0.15, 0.2) is 59.7 Å². The molecule has 1 fully saturated rings. The Bertz CT molecular complexity index is 1260. The Morgan fingerprint density at radius 1 is 1.16 bits per heavy atom. The van der Waals surface area contributed by atoms with Crippen molar-refractivity contribution in [2.75, 3.05) is 26.4 Å². The minimum absolute atomic E-state index is 0.117. The predicted molar refractivity (Wildman–Crippen MR) is 141 cm³/mol. The second-order valence-corrected chi connectivity index (χ2v) is 9.40. The highest BCUT2D eigenvalue weighted by Crippen LogP contribution is 2.23. The van der Waals surface area contributed by atoms with Crippen LogP contribution in [-0.2, 0) is 17.7 Å². The first kappa shape index (κ1) is 26.6. The predicted octanol–water partition coefficient (Wildman–Crippen LogP) is 3.03. The molecule has 3 atom stereocenters. The number of aromatic hydroxyl groups is 1. The lowest BCUT2D eigenvalue weighted by atomic mass is 9.92. The average molecular weight is 505 g/mol. The van der Waals surface area contributed by atoms with Gasteiger partial charge in [-0.1, -0.05) is 36.1 Å². The summed E-state index contributed by atoms with van der Waals surface area (Å²) in [6.07, 6.45) is 2.67. The molecule has 3 aromatic rings. The van der Waals surface area contributed by atoms with Gasteiger partial charge in [-0.05, 0) is 48.7 Å². The fraction of sp³-hybridized carbons (Fsp3) is 0.379. The van der Waals surface area contributed by atoms with Crippen LogP contribution in [0.25, 0.3) is 0 Å². The Balaban J connectivity index is 1.41. The Morgan fingerprint density at radius 3 is 2.51 bits per heavy atom. The van der Waals surface area contributed by atoms with Gasteiger partial charge in [0, 0.05) is 55.2 Å². The molecule has 2 aromatic carbocycles. The van der Waals surface area contributed by atoms with Crippen LogP contribution in [0, 0.1) is 11.8 Å². The SMILES string of the molecule is CC(CF)NCC(Cc1nc[nH]c(=O)c1O)c1ccc(C#Cc2ccc(CNC3CCOC3)cc2)cc1. The van der Waals surface area contributed by atoms with E-state index in [1.807, 2.05) is 36.4 Å². The van der Waals surface area contributed by atoms with Crippen LogP contribution in [0.1, 0.15) is 47.2 Å². The number of nitrogens with zero attached hydrogens (tertiary/aromatic N) is 1. The van der Waals surface area contributed by atoms with Gasteiger partial charge < -0.3 is 25.5 Å². The molecule has 1 aliphatic rings. The van der Waals surface area contributed by atoms with E-state index in [0.29, 0.717) is 24.7 Å². The molecule has 7 nitrogen and oxygen atoms in total. The zero-order valence-electron chi connectivity index (χ0n) is 21.0. The van der Waals surface area contributed by atoms with Crippen molar-refractivity contribution >= 4 is 0 Å². The molecule has 4 N–H and O–H groups in total. The topological polar surface area (TPSA) is 99.3 Å². The molecule has 194 valence electrons. The first-order valence-electron chi connectivity index (χ1n) is 12.6. The summed E-state index contributed by atoms with van der Waals surface area (Å²) in [6, 6.07) is 16.2. The maximum Gasteiger partial charge on any atom is 0.293 e. The molecule has 0 spiro atoms. The maximum atomic E-state index is 13.0. The molecular formula is C29H33FN4O3. The lowest BCUT2D eigenvalue weighted by molar-refractivity contribution is 0.190. The Kier molecular flexibility index (Phi) is 9.44. The van der Waals surface area contributed by atoms with E-state index in [-0.39, 0.29) is 17.7 Å². The van der Waals surface area contributed by atoms with Crippen LogP contribution in [0.5, 0.6) is 5.75 Å². The third-order valence-electron chi connectivity index (χ3n) is 6.50. The van der Waals surface area contributed by atoms with Gasteiger partial charge in [0.1, 0.15) is 6.67 Å². The van der Waals surface area contributed by atoms with Gasteiger partial charge in [-0.15, -0.1) is 0 Å². The standard InChI is InChI=1S/C29H33FN4O3/c1-20(15-30)31-17-25(14-27-28(35)29(36)34-19-33-27)24-10-8-22(9-11-24)3-2-21-4-6-23(7-5-21)16-32-26-12-13-37-18-26/h4-11,19-20,25-26,31-32,35H,12-18H2,1H3,(H,33,34,36). The summed E-state index contributed by atoms with van der Waals surface area (Å²) in [5.41, 5.74) is 3.74. The number of nitrogens with one attached hydrogen (secondary N) is 3.